The van der Waals surface area contributed by atoms with Crippen LogP contribution in [0.3, 0.4) is 0 Å². The van der Waals surface area contributed by atoms with Gasteiger partial charge in [-0.05, 0) is 34.9 Å². The molecule has 1 aromatic heterocycles. The molecule has 0 aliphatic heterocycles. The van der Waals surface area contributed by atoms with E-state index in [-0.39, 0.29) is 16.9 Å². The first-order valence-electron chi connectivity index (χ1n) is 8.50. The van der Waals surface area contributed by atoms with Gasteiger partial charge in [0.25, 0.3) is 5.56 Å². The Morgan fingerprint density at radius 1 is 0.852 bits per heavy atom. The summed E-state index contributed by atoms with van der Waals surface area (Å²) in [4.78, 5) is 15.3. The van der Waals surface area contributed by atoms with Crippen LogP contribution in [0.4, 0.5) is 0 Å². The highest BCUT2D eigenvalue weighted by molar-refractivity contribution is 6.31. The molecule has 0 fully saturated rings. The number of aromatic hydroxyl groups is 1. The molecule has 4 rings (SSSR count). The molecule has 4 heteroatoms. The Kier molecular flexibility index (Phi) is 4.53. The standard InChI is InChI=1S/C23H16ClNO2/c24-18-12-13-19-20(14-18)25-23(27)21(22(19)26)17-10-8-16(9-11-17)7-6-15-4-2-1-3-5-15/h1-14H,(H2,25,26,27). The molecule has 1 heterocycles. The number of halogens is 1. The van der Waals surface area contributed by atoms with Gasteiger partial charge in [0.15, 0.2) is 0 Å². The summed E-state index contributed by atoms with van der Waals surface area (Å²) in [6, 6.07) is 22.5. The van der Waals surface area contributed by atoms with E-state index in [4.69, 9.17) is 11.6 Å². The van der Waals surface area contributed by atoms with Crippen molar-refractivity contribution in [2.24, 2.45) is 0 Å². The van der Waals surface area contributed by atoms with Crippen molar-refractivity contribution in [2.75, 3.05) is 0 Å². The van der Waals surface area contributed by atoms with Crippen molar-refractivity contribution in [2.45, 2.75) is 0 Å². The molecule has 0 unspecified atom stereocenters. The topological polar surface area (TPSA) is 53.1 Å². The lowest BCUT2D eigenvalue weighted by Gasteiger charge is -2.08. The van der Waals surface area contributed by atoms with Crippen molar-refractivity contribution in [1.29, 1.82) is 0 Å². The summed E-state index contributed by atoms with van der Waals surface area (Å²) >= 11 is 5.96. The van der Waals surface area contributed by atoms with Gasteiger partial charge in [-0.1, -0.05) is 78.4 Å². The lowest BCUT2D eigenvalue weighted by Crippen LogP contribution is -2.09. The van der Waals surface area contributed by atoms with Crippen molar-refractivity contribution in [3.63, 3.8) is 0 Å². The molecular weight excluding hydrogens is 358 g/mol. The fourth-order valence-electron chi connectivity index (χ4n) is 3.04. The Hall–Kier alpha value is -3.30. The molecule has 3 nitrogen and oxygen atoms in total. The maximum atomic E-state index is 12.5. The molecule has 3 aromatic carbocycles. The normalized spacial score (nSPS) is 11.3. The number of nitrogens with one attached hydrogen (secondary N) is 1. The number of pyridine rings is 1. The summed E-state index contributed by atoms with van der Waals surface area (Å²) in [5, 5.41) is 11.7. The Bertz CT molecular complexity index is 1190. The van der Waals surface area contributed by atoms with Crippen LogP contribution in [0, 0.1) is 0 Å². The van der Waals surface area contributed by atoms with Gasteiger partial charge in [0, 0.05) is 10.4 Å². The minimum atomic E-state index is -0.352. The maximum absolute atomic E-state index is 12.5. The molecule has 27 heavy (non-hydrogen) atoms. The summed E-state index contributed by atoms with van der Waals surface area (Å²) in [7, 11) is 0. The molecule has 0 bridgehead atoms. The largest absolute Gasteiger partial charge is 0.506 e. The third kappa shape index (κ3) is 3.50. The summed E-state index contributed by atoms with van der Waals surface area (Å²) < 4.78 is 0. The molecule has 0 radical (unpaired) electrons. The van der Waals surface area contributed by atoms with Crippen molar-refractivity contribution in [3.05, 3.63) is 99.3 Å². The van der Waals surface area contributed by atoms with Crippen LogP contribution in [0.25, 0.3) is 34.2 Å². The van der Waals surface area contributed by atoms with Gasteiger partial charge in [0.1, 0.15) is 5.75 Å². The van der Waals surface area contributed by atoms with Crippen molar-refractivity contribution in [1.82, 2.24) is 4.98 Å². The second-order valence-electron chi connectivity index (χ2n) is 6.23. The highest BCUT2D eigenvalue weighted by atomic mass is 35.5. The Balaban J connectivity index is 1.71. The van der Waals surface area contributed by atoms with Crippen LogP contribution in [0.2, 0.25) is 5.02 Å². The zero-order valence-corrected chi connectivity index (χ0v) is 15.1. The summed E-state index contributed by atoms with van der Waals surface area (Å²) in [6.45, 7) is 0. The third-order valence-corrected chi connectivity index (χ3v) is 4.65. The van der Waals surface area contributed by atoms with E-state index in [1.807, 2.05) is 66.7 Å². The highest BCUT2D eigenvalue weighted by Crippen LogP contribution is 2.33. The first-order valence-corrected chi connectivity index (χ1v) is 8.88. The molecule has 0 spiro atoms. The van der Waals surface area contributed by atoms with Crippen LogP contribution in [-0.4, -0.2) is 10.1 Å². The zero-order chi connectivity index (χ0) is 18.8. The van der Waals surface area contributed by atoms with E-state index in [0.717, 1.165) is 11.1 Å². The molecule has 2 N–H and O–H groups in total. The van der Waals surface area contributed by atoms with Gasteiger partial charge in [0.2, 0.25) is 0 Å². The second-order valence-corrected chi connectivity index (χ2v) is 6.67. The quantitative estimate of drug-likeness (QED) is 0.451. The minimum Gasteiger partial charge on any atom is -0.506 e. The van der Waals surface area contributed by atoms with Gasteiger partial charge in [0.05, 0.1) is 11.1 Å². The van der Waals surface area contributed by atoms with Crippen molar-refractivity contribution < 1.29 is 5.11 Å². The van der Waals surface area contributed by atoms with Crippen molar-refractivity contribution >= 4 is 34.7 Å². The molecule has 4 aromatic rings. The number of aromatic amines is 1. The number of H-pyrrole nitrogens is 1. The van der Waals surface area contributed by atoms with Gasteiger partial charge >= 0.3 is 0 Å². The first-order chi connectivity index (χ1) is 13.1. The number of aromatic nitrogens is 1. The minimum absolute atomic E-state index is 0.0435. The molecule has 0 saturated heterocycles. The van der Waals surface area contributed by atoms with E-state index in [1.54, 1.807) is 18.2 Å². The fourth-order valence-corrected chi connectivity index (χ4v) is 3.21. The second kappa shape index (κ2) is 7.14. The predicted octanol–water partition coefficient (Wildman–Crippen LogP) is 5.72. The summed E-state index contributed by atoms with van der Waals surface area (Å²) in [6.07, 6.45) is 4.03. The van der Waals surface area contributed by atoms with Gasteiger partial charge in [-0.25, -0.2) is 0 Å². The summed E-state index contributed by atoms with van der Waals surface area (Å²) in [5.74, 6) is -0.0435. The van der Waals surface area contributed by atoms with E-state index in [1.165, 1.54) is 0 Å². The monoisotopic (exact) mass is 373 g/mol. The van der Waals surface area contributed by atoms with E-state index in [2.05, 4.69) is 4.98 Å². The molecule has 0 saturated carbocycles. The van der Waals surface area contributed by atoms with Crippen LogP contribution in [0.5, 0.6) is 5.75 Å². The van der Waals surface area contributed by atoms with Gasteiger partial charge in [-0.15, -0.1) is 0 Å². The van der Waals surface area contributed by atoms with Crippen LogP contribution in [0.15, 0.2) is 77.6 Å². The zero-order valence-electron chi connectivity index (χ0n) is 14.3. The molecule has 0 atom stereocenters. The van der Waals surface area contributed by atoms with E-state index < -0.39 is 0 Å². The molecular formula is C23H16ClNO2. The highest BCUT2D eigenvalue weighted by Gasteiger charge is 2.14. The van der Waals surface area contributed by atoms with Crippen LogP contribution in [-0.2, 0) is 0 Å². The van der Waals surface area contributed by atoms with E-state index in [0.29, 0.717) is 21.5 Å². The van der Waals surface area contributed by atoms with Crippen LogP contribution in [0.1, 0.15) is 11.1 Å². The Labute approximate surface area is 161 Å². The molecule has 0 amide bonds. The van der Waals surface area contributed by atoms with Gasteiger partial charge < -0.3 is 10.1 Å². The Morgan fingerprint density at radius 2 is 1.52 bits per heavy atom. The number of rotatable bonds is 3. The molecule has 0 aliphatic carbocycles. The smallest absolute Gasteiger partial charge is 0.260 e. The van der Waals surface area contributed by atoms with Gasteiger partial charge in [-0.2, -0.15) is 0 Å². The molecule has 0 aliphatic rings. The summed E-state index contributed by atoms with van der Waals surface area (Å²) in [5.41, 5.74) is 3.19. The fraction of sp³-hybridized carbons (Fsp3) is 0. The van der Waals surface area contributed by atoms with Crippen LogP contribution < -0.4 is 5.56 Å². The third-order valence-electron chi connectivity index (χ3n) is 4.42. The SMILES string of the molecule is O=c1[nH]c2cc(Cl)ccc2c(O)c1-c1ccc(C=Cc2ccccc2)cc1. The average Bonchev–Trinajstić information content (AvgIpc) is 2.68. The number of hydrogen-bond donors (Lipinski definition) is 2. The first kappa shape index (κ1) is 17.1. The van der Waals surface area contributed by atoms with Gasteiger partial charge in [-0.3, -0.25) is 4.79 Å². The average molecular weight is 374 g/mol. The number of fused-ring (bicyclic) bond motifs is 1. The lowest BCUT2D eigenvalue weighted by molar-refractivity contribution is 0.482. The van der Waals surface area contributed by atoms with Crippen molar-refractivity contribution in [3.8, 4) is 16.9 Å². The number of hydrogen-bond acceptors (Lipinski definition) is 2. The molecule has 132 valence electrons. The predicted molar refractivity (Wildman–Crippen MR) is 112 cm³/mol. The lowest BCUT2D eigenvalue weighted by atomic mass is 10.0. The van der Waals surface area contributed by atoms with Crippen LogP contribution >= 0.6 is 11.6 Å². The maximum Gasteiger partial charge on any atom is 0.260 e. The Morgan fingerprint density at radius 3 is 2.22 bits per heavy atom. The van der Waals surface area contributed by atoms with E-state index in [9.17, 15) is 9.90 Å². The number of benzene rings is 3. The van der Waals surface area contributed by atoms with E-state index >= 15 is 0 Å².